The van der Waals surface area contributed by atoms with Crippen LogP contribution in [0.2, 0.25) is 0 Å². The molecule has 9 heteroatoms. The van der Waals surface area contributed by atoms with Gasteiger partial charge in [0, 0.05) is 38.3 Å². The van der Waals surface area contributed by atoms with Crippen LogP contribution in [0.25, 0.3) is 22.3 Å². The molecular formula is C26H33N7O2. The Bertz CT molecular complexity index is 1230. The van der Waals surface area contributed by atoms with Crippen molar-refractivity contribution in [2.45, 2.75) is 44.9 Å². The number of aromatic nitrogens is 4. The Morgan fingerprint density at radius 3 is 2.80 bits per heavy atom. The summed E-state index contributed by atoms with van der Waals surface area (Å²) in [6.45, 7) is 12.7. The number of hydrogen-bond acceptors (Lipinski definition) is 7. The van der Waals surface area contributed by atoms with Gasteiger partial charge in [0.25, 0.3) is 0 Å². The van der Waals surface area contributed by atoms with Crippen molar-refractivity contribution in [3.63, 3.8) is 0 Å². The van der Waals surface area contributed by atoms with Gasteiger partial charge >= 0.3 is 0 Å². The quantitative estimate of drug-likeness (QED) is 0.566. The summed E-state index contributed by atoms with van der Waals surface area (Å²) < 4.78 is 7.76. The summed E-state index contributed by atoms with van der Waals surface area (Å²) >= 11 is 0. The van der Waals surface area contributed by atoms with E-state index in [9.17, 15) is 4.79 Å². The van der Waals surface area contributed by atoms with Crippen molar-refractivity contribution >= 4 is 22.8 Å². The van der Waals surface area contributed by atoms with Gasteiger partial charge in [0.15, 0.2) is 5.65 Å². The number of rotatable bonds is 5. The van der Waals surface area contributed by atoms with Gasteiger partial charge in [-0.2, -0.15) is 5.10 Å². The summed E-state index contributed by atoms with van der Waals surface area (Å²) in [4.78, 5) is 25.2. The number of carbonyl (C=O) groups excluding carboxylic acids is 1. The zero-order valence-corrected chi connectivity index (χ0v) is 20.5. The maximum atomic E-state index is 12.2. The standard InChI is InChI=1S/C26H33N7O2/c1-4-21(34)32-11-5-6-20(15-32)33-25-22(24(27)28-17-29-25)23(30-33)19-9-7-18(8-10-19)14-31-12-13-35-26(2,3)16-31/h4,7-10,17,20H,1,5-6,11-16H2,2-3H3,(H2,27,28,29). The second kappa shape index (κ2) is 9.39. The van der Waals surface area contributed by atoms with Crippen molar-refractivity contribution < 1.29 is 9.53 Å². The van der Waals surface area contributed by atoms with Crippen LogP contribution < -0.4 is 5.73 Å². The normalized spacial score (nSPS) is 20.7. The van der Waals surface area contributed by atoms with Crippen LogP contribution in [-0.2, 0) is 16.1 Å². The van der Waals surface area contributed by atoms with Gasteiger partial charge in [-0.3, -0.25) is 9.69 Å². The molecule has 0 bridgehead atoms. The summed E-state index contributed by atoms with van der Waals surface area (Å²) in [7, 11) is 0. The van der Waals surface area contributed by atoms with Crippen LogP contribution in [0.5, 0.6) is 0 Å². The fraction of sp³-hybridized carbons (Fsp3) is 0.462. The van der Waals surface area contributed by atoms with Crippen LogP contribution in [-0.4, -0.2) is 73.8 Å². The molecule has 184 valence electrons. The van der Waals surface area contributed by atoms with Crippen LogP contribution >= 0.6 is 0 Å². The average Bonchev–Trinajstić information content (AvgIpc) is 3.24. The Morgan fingerprint density at radius 1 is 1.26 bits per heavy atom. The number of nitrogens with zero attached hydrogens (tertiary/aromatic N) is 6. The zero-order chi connectivity index (χ0) is 24.6. The first-order valence-corrected chi connectivity index (χ1v) is 12.2. The highest BCUT2D eigenvalue weighted by atomic mass is 16.5. The van der Waals surface area contributed by atoms with E-state index in [-0.39, 0.29) is 17.6 Å². The van der Waals surface area contributed by atoms with E-state index < -0.39 is 0 Å². The number of benzene rings is 1. The number of morpholine rings is 1. The molecule has 35 heavy (non-hydrogen) atoms. The van der Waals surface area contributed by atoms with Crippen LogP contribution in [0.3, 0.4) is 0 Å². The Hall–Kier alpha value is -3.30. The minimum Gasteiger partial charge on any atom is -0.383 e. The van der Waals surface area contributed by atoms with Gasteiger partial charge in [0.1, 0.15) is 17.8 Å². The number of amides is 1. The van der Waals surface area contributed by atoms with E-state index in [1.807, 2.05) is 9.58 Å². The Morgan fingerprint density at radius 2 is 2.06 bits per heavy atom. The molecule has 1 amide bonds. The summed E-state index contributed by atoms with van der Waals surface area (Å²) in [6, 6.07) is 8.49. The zero-order valence-electron chi connectivity index (χ0n) is 20.5. The Balaban J connectivity index is 1.44. The number of ether oxygens (including phenoxy) is 1. The van der Waals surface area contributed by atoms with E-state index in [2.05, 4.69) is 59.6 Å². The minimum absolute atomic E-state index is 0.0159. The van der Waals surface area contributed by atoms with Crippen molar-refractivity contribution in [1.29, 1.82) is 0 Å². The van der Waals surface area contributed by atoms with E-state index in [1.165, 1.54) is 18.0 Å². The number of nitrogens with two attached hydrogens (primary N) is 1. The maximum Gasteiger partial charge on any atom is 0.246 e. The summed E-state index contributed by atoms with van der Waals surface area (Å²) in [5, 5.41) is 5.72. The van der Waals surface area contributed by atoms with E-state index in [0.29, 0.717) is 18.0 Å². The number of carbonyl (C=O) groups is 1. The van der Waals surface area contributed by atoms with Gasteiger partial charge in [-0.05, 0) is 38.3 Å². The molecule has 0 spiro atoms. The minimum atomic E-state index is -0.119. The molecule has 1 aromatic carbocycles. The van der Waals surface area contributed by atoms with Crippen molar-refractivity contribution in [1.82, 2.24) is 29.5 Å². The average molecular weight is 476 g/mol. The molecule has 2 fully saturated rings. The first-order valence-electron chi connectivity index (χ1n) is 12.2. The van der Waals surface area contributed by atoms with Crippen LogP contribution in [0.1, 0.15) is 38.3 Å². The van der Waals surface area contributed by atoms with E-state index in [1.54, 1.807) is 0 Å². The van der Waals surface area contributed by atoms with Crippen LogP contribution in [0.15, 0.2) is 43.2 Å². The highest BCUT2D eigenvalue weighted by Crippen LogP contribution is 2.34. The third-order valence-corrected chi connectivity index (χ3v) is 6.89. The number of anilines is 1. The molecule has 0 radical (unpaired) electrons. The van der Waals surface area contributed by atoms with Crippen molar-refractivity contribution in [2.24, 2.45) is 0 Å². The summed E-state index contributed by atoms with van der Waals surface area (Å²) in [5.41, 5.74) is 9.87. The number of likely N-dealkylation sites (tertiary alicyclic amines) is 1. The fourth-order valence-corrected chi connectivity index (χ4v) is 5.21. The second-order valence-corrected chi connectivity index (χ2v) is 10.1. The molecule has 0 saturated carbocycles. The predicted octanol–water partition coefficient (Wildman–Crippen LogP) is 3.04. The molecule has 2 aliphatic rings. The van der Waals surface area contributed by atoms with Gasteiger partial charge in [-0.1, -0.05) is 30.8 Å². The van der Waals surface area contributed by atoms with Crippen LogP contribution in [0.4, 0.5) is 5.82 Å². The number of fused-ring (bicyclic) bond motifs is 1. The molecule has 9 nitrogen and oxygen atoms in total. The molecule has 2 saturated heterocycles. The van der Waals surface area contributed by atoms with Crippen molar-refractivity contribution in [3.8, 4) is 11.3 Å². The monoisotopic (exact) mass is 475 g/mol. The molecule has 1 unspecified atom stereocenters. The lowest BCUT2D eigenvalue weighted by atomic mass is 10.0. The largest absolute Gasteiger partial charge is 0.383 e. The van der Waals surface area contributed by atoms with Gasteiger partial charge in [0.2, 0.25) is 5.91 Å². The van der Waals surface area contributed by atoms with E-state index in [0.717, 1.165) is 62.3 Å². The molecule has 1 atom stereocenters. The third-order valence-electron chi connectivity index (χ3n) is 6.89. The third kappa shape index (κ3) is 4.78. The molecule has 0 aliphatic carbocycles. The highest BCUT2D eigenvalue weighted by molar-refractivity contribution is 5.98. The van der Waals surface area contributed by atoms with Gasteiger partial charge in [0.05, 0.1) is 23.6 Å². The summed E-state index contributed by atoms with van der Waals surface area (Å²) in [6.07, 6.45) is 4.65. The van der Waals surface area contributed by atoms with Gasteiger partial charge in [-0.15, -0.1) is 0 Å². The lowest BCUT2D eigenvalue weighted by Crippen LogP contribution is -2.47. The second-order valence-electron chi connectivity index (χ2n) is 10.1. The van der Waals surface area contributed by atoms with E-state index in [4.69, 9.17) is 15.6 Å². The molecule has 4 heterocycles. The Labute approximate surface area is 205 Å². The molecule has 2 aromatic heterocycles. The van der Waals surface area contributed by atoms with Crippen LogP contribution in [0, 0.1) is 0 Å². The molecular weight excluding hydrogens is 442 g/mol. The van der Waals surface area contributed by atoms with Gasteiger partial charge < -0.3 is 15.4 Å². The lowest BCUT2D eigenvalue weighted by molar-refractivity contribution is -0.127. The predicted molar refractivity (Wildman–Crippen MR) is 136 cm³/mol. The van der Waals surface area contributed by atoms with Gasteiger partial charge in [-0.25, -0.2) is 14.6 Å². The summed E-state index contributed by atoms with van der Waals surface area (Å²) in [5.74, 6) is 0.352. The maximum absolute atomic E-state index is 12.2. The molecule has 3 aromatic rings. The number of nitrogen functional groups attached to an aromatic ring is 1. The number of piperidine rings is 1. The van der Waals surface area contributed by atoms with Crippen molar-refractivity contribution in [3.05, 3.63) is 48.8 Å². The van der Waals surface area contributed by atoms with E-state index >= 15 is 0 Å². The lowest BCUT2D eigenvalue weighted by Gasteiger charge is -2.38. The SMILES string of the molecule is C=CC(=O)N1CCCC(n2nc(-c3ccc(CN4CCOC(C)(C)C4)cc3)c3c(N)ncnc32)C1. The Kier molecular flexibility index (Phi) is 6.29. The molecule has 2 N–H and O–H groups in total. The smallest absolute Gasteiger partial charge is 0.246 e. The topological polar surface area (TPSA) is 102 Å². The van der Waals surface area contributed by atoms with Crippen molar-refractivity contribution in [2.75, 3.05) is 38.5 Å². The molecule has 2 aliphatic heterocycles. The number of hydrogen-bond donors (Lipinski definition) is 1. The highest BCUT2D eigenvalue weighted by Gasteiger charge is 2.29. The first kappa shape index (κ1) is 23.4. The fourth-order valence-electron chi connectivity index (χ4n) is 5.21. The first-order chi connectivity index (χ1) is 16.8. The molecule has 5 rings (SSSR count).